The van der Waals surface area contributed by atoms with Gasteiger partial charge < -0.3 is 0 Å². The lowest BCUT2D eigenvalue weighted by Gasteiger charge is -2.13. The first-order valence-corrected chi connectivity index (χ1v) is 10.5. The Labute approximate surface area is 169 Å². The summed E-state index contributed by atoms with van der Waals surface area (Å²) in [5.41, 5.74) is 1.94. The van der Waals surface area contributed by atoms with Gasteiger partial charge in [0.05, 0.1) is 5.69 Å². The number of hydrogen-bond acceptors (Lipinski definition) is 6. The molecule has 0 unspecified atom stereocenters. The molecule has 0 aliphatic rings. The van der Waals surface area contributed by atoms with Crippen molar-refractivity contribution < 1.29 is 4.39 Å². The third-order valence-corrected chi connectivity index (χ3v) is 6.41. The molecule has 0 atom stereocenters. The molecule has 0 amide bonds. The molecule has 0 fully saturated rings. The van der Waals surface area contributed by atoms with Crippen LogP contribution in [0.1, 0.15) is 18.3 Å². The van der Waals surface area contributed by atoms with Crippen LogP contribution in [0, 0.1) is 19.7 Å². The van der Waals surface area contributed by atoms with Crippen LogP contribution in [-0.4, -0.2) is 25.3 Å². The van der Waals surface area contributed by atoms with Gasteiger partial charge in [-0.05, 0) is 49.4 Å². The summed E-state index contributed by atoms with van der Waals surface area (Å²) in [5, 5.41) is 0.663. The number of aryl methyl sites for hydroxylation is 2. The van der Waals surface area contributed by atoms with Crippen LogP contribution in [0.5, 0.6) is 0 Å². The van der Waals surface area contributed by atoms with Gasteiger partial charge in [-0.3, -0.25) is 14.3 Å². The highest BCUT2D eigenvalue weighted by Gasteiger charge is 2.18. The quantitative estimate of drug-likeness (QED) is 0.452. The van der Waals surface area contributed by atoms with Gasteiger partial charge in [0, 0.05) is 22.9 Å². The van der Waals surface area contributed by atoms with Gasteiger partial charge in [-0.2, -0.15) is 0 Å². The highest BCUT2D eigenvalue weighted by molar-refractivity contribution is 7.99. The Hall–Kier alpha value is -2.58. The Morgan fingerprint density at radius 1 is 1.25 bits per heavy atom. The third kappa shape index (κ3) is 3.22. The first kappa shape index (κ1) is 18.8. The van der Waals surface area contributed by atoms with Crippen LogP contribution < -0.4 is 5.56 Å². The summed E-state index contributed by atoms with van der Waals surface area (Å²) in [6.07, 6.45) is 3.37. The Bertz CT molecular complexity index is 1230. The molecule has 142 valence electrons. The maximum atomic E-state index is 14.8. The predicted octanol–water partition coefficient (Wildman–Crippen LogP) is 4.77. The van der Waals surface area contributed by atoms with Crippen molar-refractivity contribution in [3.8, 4) is 16.3 Å². The lowest BCUT2D eigenvalue weighted by Crippen LogP contribution is -2.22. The number of benzene rings is 1. The summed E-state index contributed by atoms with van der Waals surface area (Å²) in [5.74, 6) is 0.817. The van der Waals surface area contributed by atoms with Crippen LogP contribution >= 0.6 is 23.1 Å². The second-order valence-corrected chi connectivity index (χ2v) is 8.52. The monoisotopic (exact) mass is 412 g/mol. The molecule has 3 heterocycles. The van der Waals surface area contributed by atoms with Gasteiger partial charge in [-0.1, -0.05) is 6.92 Å². The molecule has 0 bridgehead atoms. The highest BCUT2D eigenvalue weighted by atomic mass is 32.2. The lowest BCUT2D eigenvalue weighted by atomic mass is 10.2. The molecule has 3 aromatic heterocycles. The van der Waals surface area contributed by atoms with Crippen LogP contribution in [0.15, 0.2) is 46.3 Å². The van der Waals surface area contributed by atoms with Gasteiger partial charge in [0.2, 0.25) is 0 Å². The maximum Gasteiger partial charge on any atom is 0.277 e. The van der Waals surface area contributed by atoms with E-state index in [1.165, 1.54) is 22.0 Å². The van der Waals surface area contributed by atoms with Gasteiger partial charge in [-0.25, -0.2) is 14.4 Å². The van der Waals surface area contributed by atoms with Crippen molar-refractivity contribution in [2.75, 3.05) is 5.75 Å². The largest absolute Gasteiger partial charge is 0.277 e. The second kappa shape index (κ2) is 7.44. The molecule has 0 saturated heterocycles. The average molecular weight is 413 g/mol. The lowest BCUT2D eigenvalue weighted by molar-refractivity contribution is 0.610. The fraction of sp³-hybridized carbons (Fsp3) is 0.200. The van der Waals surface area contributed by atoms with Crippen LogP contribution in [0.2, 0.25) is 0 Å². The standard InChI is InChI=1S/C20H17FN4OS2/c1-4-27-16-9-15(14(21)8-11(16)2)25-12(3)23-18-17(20(25)26)28-19(24-18)13-6-5-7-22-10-13/h5-10H,4H2,1-3H3. The molecule has 4 aromatic rings. The van der Waals surface area contributed by atoms with Gasteiger partial charge >= 0.3 is 0 Å². The van der Waals surface area contributed by atoms with E-state index in [-0.39, 0.29) is 11.2 Å². The van der Waals surface area contributed by atoms with Crippen LogP contribution in [-0.2, 0) is 0 Å². The van der Waals surface area contributed by atoms with E-state index in [0.29, 0.717) is 21.2 Å². The molecule has 1 aromatic carbocycles. The Balaban J connectivity index is 1.94. The minimum absolute atomic E-state index is 0.217. The number of halogens is 1. The molecular weight excluding hydrogens is 395 g/mol. The normalized spacial score (nSPS) is 11.3. The second-order valence-electron chi connectivity index (χ2n) is 6.22. The Morgan fingerprint density at radius 2 is 2.07 bits per heavy atom. The van der Waals surface area contributed by atoms with Crippen molar-refractivity contribution in [1.29, 1.82) is 0 Å². The fourth-order valence-electron chi connectivity index (χ4n) is 3.00. The van der Waals surface area contributed by atoms with E-state index >= 15 is 0 Å². The number of fused-ring (bicyclic) bond motifs is 1. The number of thioether (sulfide) groups is 1. The van der Waals surface area contributed by atoms with Crippen molar-refractivity contribution in [1.82, 2.24) is 19.5 Å². The fourth-order valence-corrected chi connectivity index (χ4v) is 4.72. The summed E-state index contributed by atoms with van der Waals surface area (Å²) in [6.45, 7) is 5.59. The summed E-state index contributed by atoms with van der Waals surface area (Å²) >= 11 is 2.86. The molecule has 0 aliphatic heterocycles. The number of nitrogens with zero attached hydrogens (tertiary/aromatic N) is 4. The van der Waals surface area contributed by atoms with E-state index in [4.69, 9.17) is 0 Å². The van der Waals surface area contributed by atoms with Crippen molar-refractivity contribution in [2.24, 2.45) is 0 Å². The molecule has 4 rings (SSSR count). The molecule has 5 nitrogen and oxygen atoms in total. The first-order chi connectivity index (χ1) is 13.5. The van der Waals surface area contributed by atoms with E-state index < -0.39 is 5.82 Å². The van der Waals surface area contributed by atoms with E-state index in [1.807, 2.05) is 26.0 Å². The smallest absolute Gasteiger partial charge is 0.267 e. The van der Waals surface area contributed by atoms with E-state index in [1.54, 1.807) is 37.1 Å². The number of rotatable bonds is 4. The van der Waals surface area contributed by atoms with Gasteiger partial charge in [0.25, 0.3) is 5.56 Å². The van der Waals surface area contributed by atoms with E-state index in [9.17, 15) is 9.18 Å². The van der Waals surface area contributed by atoms with E-state index in [2.05, 4.69) is 15.0 Å². The van der Waals surface area contributed by atoms with Gasteiger partial charge in [0.15, 0.2) is 5.65 Å². The average Bonchev–Trinajstić information content (AvgIpc) is 3.10. The highest BCUT2D eigenvalue weighted by Crippen LogP contribution is 2.30. The summed E-state index contributed by atoms with van der Waals surface area (Å²) < 4.78 is 16.5. The van der Waals surface area contributed by atoms with Crippen LogP contribution in [0.3, 0.4) is 0 Å². The summed E-state index contributed by atoms with van der Waals surface area (Å²) in [4.78, 5) is 27.2. The number of hydrogen-bond donors (Lipinski definition) is 0. The van der Waals surface area contributed by atoms with Crippen molar-refractivity contribution in [3.63, 3.8) is 0 Å². The zero-order chi connectivity index (χ0) is 19.8. The molecule has 28 heavy (non-hydrogen) atoms. The Kier molecular flexibility index (Phi) is 4.99. The minimum Gasteiger partial charge on any atom is -0.267 e. The SMILES string of the molecule is CCSc1cc(-n2c(C)nc3nc(-c4cccnc4)sc3c2=O)c(F)cc1C. The third-order valence-electron chi connectivity index (χ3n) is 4.29. The predicted molar refractivity (Wildman–Crippen MR) is 112 cm³/mol. The summed E-state index contributed by atoms with van der Waals surface area (Å²) in [7, 11) is 0. The van der Waals surface area contributed by atoms with Crippen LogP contribution in [0.4, 0.5) is 4.39 Å². The molecule has 0 spiro atoms. The topological polar surface area (TPSA) is 60.7 Å². The zero-order valence-corrected chi connectivity index (χ0v) is 17.2. The molecule has 0 saturated carbocycles. The van der Waals surface area contributed by atoms with Crippen molar-refractivity contribution >= 4 is 33.4 Å². The maximum absolute atomic E-state index is 14.8. The molecule has 0 aliphatic carbocycles. The summed E-state index contributed by atoms with van der Waals surface area (Å²) in [6, 6.07) is 6.89. The number of thiazole rings is 1. The zero-order valence-electron chi connectivity index (χ0n) is 15.6. The molecule has 0 radical (unpaired) electrons. The Morgan fingerprint density at radius 3 is 2.79 bits per heavy atom. The minimum atomic E-state index is -0.443. The van der Waals surface area contributed by atoms with Crippen molar-refractivity contribution in [2.45, 2.75) is 25.7 Å². The van der Waals surface area contributed by atoms with E-state index in [0.717, 1.165) is 21.8 Å². The molecule has 0 N–H and O–H groups in total. The number of aromatic nitrogens is 4. The first-order valence-electron chi connectivity index (χ1n) is 8.73. The molecule has 8 heteroatoms. The van der Waals surface area contributed by atoms with Gasteiger partial charge in [-0.15, -0.1) is 23.1 Å². The van der Waals surface area contributed by atoms with Crippen LogP contribution in [0.25, 0.3) is 26.6 Å². The molecular formula is C20H17FN4OS2. The number of pyridine rings is 1. The van der Waals surface area contributed by atoms with Crippen molar-refractivity contribution in [3.05, 3.63) is 64.2 Å². The van der Waals surface area contributed by atoms with Gasteiger partial charge in [0.1, 0.15) is 21.3 Å².